The first-order chi connectivity index (χ1) is 11.0. The van der Waals surface area contributed by atoms with Gasteiger partial charge >= 0.3 is 0 Å². The molecule has 0 radical (unpaired) electrons. The Balaban J connectivity index is 2.65. The van der Waals surface area contributed by atoms with E-state index in [0.717, 1.165) is 30.6 Å². The molecule has 1 rings (SSSR count). The van der Waals surface area contributed by atoms with E-state index in [-0.39, 0.29) is 17.8 Å². The van der Waals surface area contributed by atoms with Gasteiger partial charge < -0.3 is 14.4 Å². The predicted molar refractivity (Wildman–Crippen MR) is 101 cm³/mol. The van der Waals surface area contributed by atoms with Crippen LogP contribution in [-0.4, -0.2) is 50.0 Å². The number of nitrogens with zero attached hydrogens (tertiary/aromatic N) is 2. The molecule has 0 amide bonds. The van der Waals surface area contributed by atoms with E-state index in [1.807, 2.05) is 24.7 Å². The van der Waals surface area contributed by atoms with Crippen LogP contribution in [0.2, 0.25) is 0 Å². The van der Waals surface area contributed by atoms with Crippen LogP contribution in [0.5, 0.6) is 0 Å². The Morgan fingerprint density at radius 2 is 2.17 bits per heavy atom. The third kappa shape index (κ3) is 5.40. The lowest BCUT2D eigenvalue weighted by atomic mass is 9.87. The normalized spacial score (nSPS) is 27.1. The zero-order chi connectivity index (χ0) is 17.4. The summed E-state index contributed by atoms with van der Waals surface area (Å²) in [6.45, 7) is 14.4. The summed E-state index contributed by atoms with van der Waals surface area (Å²) in [5, 5.41) is 0. The highest BCUT2D eigenvalue weighted by Crippen LogP contribution is 2.43. The molecule has 0 heterocycles. The van der Waals surface area contributed by atoms with Gasteiger partial charge in [0.25, 0.3) is 0 Å². The van der Waals surface area contributed by atoms with Crippen LogP contribution in [-0.2, 0) is 9.53 Å². The zero-order valence-electron chi connectivity index (χ0n) is 14.5. The number of hydrogen-bond donors (Lipinski definition) is 0. The molecule has 4 unspecified atom stereocenters. The maximum atomic E-state index is 11.5. The Bertz CT molecular complexity index is 476. The summed E-state index contributed by atoms with van der Waals surface area (Å²) in [4.78, 5) is 17.9. The van der Waals surface area contributed by atoms with Crippen molar-refractivity contribution in [3.05, 3.63) is 24.6 Å². The van der Waals surface area contributed by atoms with Gasteiger partial charge in [0.05, 0.1) is 6.61 Å². The van der Waals surface area contributed by atoms with Crippen molar-refractivity contribution in [1.29, 1.82) is 0 Å². The van der Waals surface area contributed by atoms with Crippen LogP contribution in [0.15, 0.2) is 29.5 Å². The molecule has 0 aromatic heterocycles. The molecule has 23 heavy (non-hydrogen) atoms. The third-order valence-electron chi connectivity index (χ3n) is 4.57. The van der Waals surface area contributed by atoms with Crippen LogP contribution in [0, 0.1) is 23.7 Å². The van der Waals surface area contributed by atoms with Gasteiger partial charge in [0.2, 0.25) is 0 Å². The molecule has 1 saturated carbocycles. The monoisotopic (exact) mass is 336 g/mol. The molecule has 0 N–H and O–H groups in total. The number of likely N-dealkylation sites (N-methyl/N-ethyl adjacent to an activating group) is 1. The van der Waals surface area contributed by atoms with Gasteiger partial charge in [-0.05, 0) is 25.2 Å². The molecule has 0 aromatic carbocycles. The van der Waals surface area contributed by atoms with Crippen molar-refractivity contribution in [3.8, 4) is 0 Å². The fraction of sp³-hybridized carbons (Fsp3) is 0.611. The van der Waals surface area contributed by atoms with Crippen molar-refractivity contribution in [3.63, 3.8) is 0 Å². The lowest BCUT2D eigenvalue weighted by molar-refractivity contribution is -0.112. The molecule has 0 aliphatic heterocycles. The van der Waals surface area contributed by atoms with Crippen molar-refractivity contribution >= 4 is 27.2 Å². The van der Waals surface area contributed by atoms with E-state index in [1.54, 1.807) is 6.21 Å². The van der Waals surface area contributed by atoms with Crippen molar-refractivity contribution in [2.75, 3.05) is 26.8 Å². The van der Waals surface area contributed by atoms with Crippen LogP contribution in [0.25, 0.3) is 0 Å². The first-order valence-corrected chi connectivity index (χ1v) is 8.70. The van der Waals surface area contributed by atoms with E-state index in [1.165, 1.54) is 0 Å². The molecule has 1 aliphatic rings. The van der Waals surface area contributed by atoms with E-state index in [0.29, 0.717) is 19.1 Å². The van der Waals surface area contributed by atoms with Gasteiger partial charge in [0.1, 0.15) is 6.29 Å². The van der Waals surface area contributed by atoms with Crippen LogP contribution < -0.4 is 0 Å². The van der Waals surface area contributed by atoms with Gasteiger partial charge in [0.15, 0.2) is 0 Å². The largest absolute Gasteiger partial charge is 0.380 e. The van der Waals surface area contributed by atoms with E-state index in [2.05, 4.69) is 33.9 Å². The Morgan fingerprint density at radius 1 is 1.48 bits per heavy atom. The van der Waals surface area contributed by atoms with Crippen LogP contribution in [0.1, 0.15) is 20.3 Å². The second-order valence-electron chi connectivity index (χ2n) is 6.14. The maximum absolute atomic E-state index is 11.5. The van der Waals surface area contributed by atoms with Crippen molar-refractivity contribution in [2.45, 2.75) is 20.3 Å². The van der Waals surface area contributed by atoms with E-state index >= 15 is 0 Å². The Hall–Kier alpha value is -1.25. The fourth-order valence-corrected chi connectivity index (χ4v) is 3.48. The number of aliphatic imine (C=N–C) groups is 1. The van der Waals surface area contributed by atoms with Crippen LogP contribution >= 0.6 is 8.86 Å². The standard InChI is InChI=1S/C18H29N2O2P/c1-6-22-8-7-20(5)14(3)10-19-15(4)18-13(2)9-16(12-23)17(18)11-21/h10-13,16-18,23H,3-4,6-9H2,1-2,5H3/b19-10+. The molecule has 0 bridgehead atoms. The smallest absolute Gasteiger partial charge is 0.124 e. The molecular weight excluding hydrogens is 307 g/mol. The fourth-order valence-electron chi connectivity index (χ4n) is 3.13. The highest BCUT2D eigenvalue weighted by atomic mass is 31.0. The minimum Gasteiger partial charge on any atom is -0.380 e. The molecular formula is C18H29N2O2P. The number of allylic oxidation sites excluding steroid dienone is 2. The summed E-state index contributed by atoms with van der Waals surface area (Å²) >= 11 is 0. The minimum atomic E-state index is -0.0592. The van der Waals surface area contributed by atoms with Crippen molar-refractivity contribution < 1.29 is 9.53 Å². The molecule has 4 nitrogen and oxygen atoms in total. The summed E-state index contributed by atoms with van der Waals surface area (Å²) in [6, 6.07) is 0. The Morgan fingerprint density at radius 3 is 2.74 bits per heavy atom. The maximum Gasteiger partial charge on any atom is 0.124 e. The van der Waals surface area contributed by atoms with Gasteiger partial charge in [-0.15, -0.1) is 8.86 Å². The van der Waals surface area contributed by atoms with Crippen LogP contribution in [0.4, 0.5) is 0 Å². The Labute approximate surface area is 142 Å². The number of aldehydes is 1. The molecule has 5 heteroatoms. The molecule has 1 aliphatic carbocycles. The number of rotatable bonds is 10. The number of hydrogen-bond acceptors (Lipinski definition) is 4. The lowest BCUT2D eigenvalue weighted by Gasteiger charge is -2.21. The molecule has 128 valence electrons. The molecule has 0 spiro atoms. The summed E-state index contributed by atoms with van der Waals surface area (Å²) in [7, 11) is 5.40. The van der Waals surface area contributed by atoms with Gasteiger partial charge in [-0.2, -0.15) is 0 Å². The zero-order valence-corrected chi connectivity index (χ0v) is 15.5. The summed E-state index contributed by atoms with van der Waals surface area (Å²) in [5.74, 6) is 2.59. The van der Waals surface area contributed by atoms with E-state index < -0.39 is 0 Å². The number of carbonyl (C=O) groups is 1. The highest BCUT2D eigenvalue weighted by molar-refractivity contribution is 7.18. The number of carbonyl (C=O) groups excluding carboxylic acids is 1. The van der Waals surface area contributed by atoms with Crippen molar-refractivity contribution in [2.24, 2.45) is 28.7 Å². The average Bonchev–Trinajstić information content (AvgIpc) is 2.87. The minimum absolute atomic E-state index is 0.0592. The second-order valence-corrected chi connectivity index (χ2v) is 6.48. The first kappa shape index (κ1) is 19.8. The Kier molecular flexibility index (Phi) is 8.43. The number of ether oxygens (including phenoxy) is 1. The highest BCUT2D eigenvalue weighted by Gasteiger charge is 2.41. The third-order valence-corrected chi connectivity index (χ3v) is 5.00. The van der Waals surface area contributed by atoms with E-state index in [9.17, 15) is 4.79 Å². The van der Waals surface area contributed by atoms with E-state index in [4.69, 9.17) is 4.74 Å². The summed E-state index contributed by atoms with van der Waals surface area (Å²) in [5.41, 5.74) is 1.56. The lowest BCUT2D eigenvalue weighted by Crippen LogP contribution is -2.23. The average molecular weight is 336 g/mol. The topological polar surface area (TPSA) is 41.9 Å². The van der Waals surface area contributed by atoms with Crippen molar-refractivity contribution in [1.82, 2.24) is 4.90 Å². The quantitative estimate of drug-likeness (QED) is 0.266. The summed E-state index contributed by atoms with van der Waals surface area (Å²) in [6.07, 6.45) is 3.74. The van der Waals surface area contributed by atoms with Gasteiger partial charge in [-0.25, -0.2) is 0 Å². The summed E-state index contributed by atoms with van der Waals surface area (Å²) < 4.78 is 5.34. The first-order valence-electron chi connectivity index (χ1n) is 8.12. The molecule has 0 aromatic rings. The van der Waals surface area contributed by atoms with Crippen LogP contribution in [0.3, 0.4) is 0 Å². The SMILES string of the molecule is C=C(/N=C/C(=C)N(C)CCOCC)C1C(C)CC(C=P)C1C=O. The molecule has 4 atom stereocenters. The second kappa shape index (κ2) is 9.79. The van der Waals surface area contributed by atoms with Gasteiger partial charge in [0, 0.05) is 49.6 Å². The molecule has 1 fully saturated rings. The predicted octanol–water partition coefficient (Wildman–Crippen LogP) is 3.09. The van der Waals surface area contributed by atoms with Gasteiger partial charge in [-0.3, -0.25) is 4.99 Å². The van der Waals surface area contributed by atoms with Gasteiger partial charge in [-0.1, -0.05) is 25.9 Å². The molecule has 0 saturated heterocycles.